The lowest BCUT2D eigenvalue weighted by molar-refractivity contribution is -0.137. The van der Waals surface area contributed by atoms with Crippen molar-refractivity contribution < 1.29 is 27.2 Å². The molecule has 41 heavy (non-hydrogen) atoms. The molecule has 5 rings (SSSR count). The second-order valence-electron chi connectivity index (χ2n) is 11.1. The fourth-order valence-electron chi connectivity index (χ4n) is 5.63. The summed E-state index contributed by atoms with van der Waals surface area (Å²) >= 11 is 0. The molecule has 1 atom stereocenters. The highest BCUT2D eigenvalue weighted by Gasteiger charge is 2.35. The van der Waals surface area contributed by atoms with Gasteiger partial charge in [0.25, 0.3) is 5.91 Å². The van der Waals surface area contributed by atoms with Crippen LogP contribution < -0.4 is 10.6 Å². The minimum absolute atomic E-state index is 0.00932. The van der Waals surface area contributed by atoms with E-state index in [1.807, 2.05) is 0 Å². The van der Waals surface area contributed by atoms with Gasteiger partial charge in [-0.1, -0.05) is 43.2 Å². The highest BCUT2D eigenvalue weighted by molar-refractivity contribution is 5.94. The van der Waals surface area contributed by atoms with E-state index in [-0.39, 0.29) is 47.2 Å². The molecule has 0 aliphatic heterocycles. The zero-order valence-corrected chi connectivity index (χ0v) is 22.7. The van der Waals surface area contributed by atoms with Gasteiger partial charge < -0.3 is 10.6 Å². The van der Waals surface area contributed by atoms with E-state index >= 15 is 0 Å². The molecule has 2 aliphatic carbocycles. The number of amides is 2. The first-order chi connectivity index (χ1) is 19.7. The number of aryl methyl sites for hydroxylation is 1. The Bertz CT molecular complexity index is 1360. The van der Waals surface area contributed by atoms with Crippen molar-refractivity contribution in [2.75, 3.05) is 0 Å². The third-order valence-electron chi connectivity index (χ3n) is 8.08. The second kappa shape index (κ2) is 12.4. The Morgan fingerprint density at radius 1 is 0.976 bits per heavy atom. The number of hydrogen-bond donors (Lipinski definition) is 2. The lowest BCUT2D eigenvalue weighted by atomic mass is 9.93. The van der Waals surface area contributed by atoms with Gasteiger partial charge in [0, 0.05) is 24.1 Å². The standard InChI is InChI=1S/C31H34F4N4O2/c32-21-15-12-20(13-16-21)14-17-23(18-29(40)36-22-6-5-7-22)37-30(41)27-19-28(39(38-27)24-8-1-2-9-24)25-10-3-4-11-26(25)31(33,34)35/h3-4,10-13,15-16,19,22-24H,1-2,5-9,14,17-18H2,(H,36,40)(H,37,41)/t23-/m0/s1. The molecule has 0 radical (unpaired) electrons. The smallest absolute Gasteiger partial charge is 0.353 e. The van der Waals surface area contributed by atoms with Crippen molar-refractivity contribution in [3.63, 3.8) is 0 Å². The van der Waals surface area contributed by atoms with E-state index in [0.29, 0.717) is 12.8 Å². The molecule has 2 aliphatic rings. The molecular weight excluding hydrogens is 536 g/mol. The number of nitrogens with zero attached hydrogens (tertiary/aromatic N) is 2. The minimum Gasteiger partial charge on any atom is -0.353 e. The Balaban J connectivity index is 1.39. The Morgan fingerprint density at radius 3 is 2.34 bits per heavy atom. The van der Waals surface area contributed by atoms with Crippen LogP contribution in [0.25, 0.3) is 11.3 Å². The summed E-state index contributed by atoms with van der Waals surface area (Å²) in [4.78, 5) is 26.2. The van der Waals surface area contributed by atoms with Gasteiger partial charge in [-0.2, -0.15) is 18.3 Å². The first-order valence-electron chi connectivity index (χ1n) is 14.3. The Kier molecular flexibility index (Phi) is 8.75. The van der Waals surface area contributed by atoms with Crippen LogP contribution in [-0.4, -0.2) is 33.7 Å². The summed E-state index contributed by atoms with van der Waals surface area (Å²) in [5.41, 5.74) is 0.319. The minimum atomic E-state index is -4.57. The van der Waals surface area contributed by atoms with E-state index in [9.17, 15) is 27.2 Å². The number of benzene rings is 2. The van der Waals surface area contributed by atoms with Crippen molar-refractivity contribution in [2.24, 2.45) is 0 Å². The van der Waals surface area contributed by atoms with E-state index in [1.165, 1.54) is 30.3 Å². The van der Waals surface area contributed by atoms with Gasteiger partial charge in [-0.05, 0) is 74.8 Å². The van der Waals surface area contributed by atoms with Gasteiger partial charge in [0.15, 0.2) is 5.69 Å². The Morgan fingerprint density at radius 2 is 1.68 bits per heavy atom. The monoisotopic (exact) mass is 570 g/mol. The molecular formula is C31H34F4N4O2. The zero-order chi connectivity index (χ0) is 29.0. The summed E-state index contributed by atoms with van der Waals surface area (Å²) in [7, 11) is 0. The van der Waals surface area contributed by atoms with Crippen LogP contribution in [0.1, 0.15) is 85.4 Å². The van der Waals surface area contributed by atoms with Crippen LogP contribution in [0.2, 0.25) is 0 Å². The lowest BCUT2D eigenvalue weighted by Gasteiger charge is -2.27. The van der Waals surface area contributed by atoms with Gasteiger partial charge in [0.1, 0.15) is 5.82 Å². The molecule has 2 amide bonds. The number of nitrogens with one attached hydrogen (secondary N) is 2. The zero-order valence-electron chi connectivity index (χ0n) is 22.7. The highest BCUT2D eigenvalue weighted by atomic mass is 19.4. The SMILES string of the molecule is O=C(C[C@H](CCc1ccc(F)cc1)NC(=O)c1cc(-c2ccccc2C(F)(F)F)n(C2CCCC2)n1)NC1CCC1. The van der Waals surface area contributed by atoms with Crippen LogP contribution >= 0.6 is 0 Å². The predicted octanol–water partition coefficient (Wildman–Crippen LogP) is 6.61. The second-order valence-corrected chi connectivity index (χ2v) is 11.1. The molecule has 218 valence electrons. The normalized spacial score (nSPS) is 16.8. The molecule has 0 saturated heterocycles. The molecule has 10 heteroatoms. The highest BCUT2D eigenvalue weighted by Crippen LogP contribution is 2.40. The topological polar surface area (TPSA) is 76.0 Å². The first-order valence-corrected chi connectivity index (χ1v) is 14.3. The van der Waals surface area contributed by atoms with E-state index in [0.717, 1.165) is 56.6 Å². The van der Waals surface area contributed by atoms with Gasteiger partial charge in [0.05, 0.1) is 17.3 Å². The average molecular weight is 571 g/mol. The maximum atomic E-state index is 13.9. The quantitative estimate of drug-likeness (QED) is 0.269. The molecule has 6 nitrogen and oxygen atoms in total. The first kappa shape index (κ1) is 28.8. The molecule has 3 aromatic rings. The van der Waals surface area contributed by atoms with E-state index in [1.54, 1.807) is 22.9 Å². The van der Waals surface area contributed by atoms with Crippen molar-refractivity contribution in [3.05, 3.63) is 77.2 Å². The van der Waals surface area contributed by atoms with Gasteiger partial charge >= 0.3 is 6.18 Å². The molecule has 2 aromatic carbocycles. The van der Waals surface area contributed by atoms with Crippen LogP contribution in [0.5, 0.6) is 0 Å². The molecule has 0 spiro atoms. The molecule has 1 aromatic heterocycles. The van der Waals surface area contributed by atoms with E-state index in [2.05, 4.69) is 15.7 Å². The van der Waals surface area contributed by atoms with Gasteiger partial charge in [-0.15, -0.1) is 0 Å². The number of carbonyl (C=O) groups is 2. The van der Waals surface area contributed by atoms with Crippen molar-refractivity contribution in [3.8, 4) is 11.3 Å². The number of rotatable bonds is 10. The summed E-state index contributed by atoms with van der Waals surface area (Å²) in [5, 5.41) is 10.4. The van der Waals surface area contributed by atoms with Crippen LogP contribution in [0.15, 0.2) is 54.6 Å². The fourth-order valence-corrected chi connectivity index (χ4v) is 5.63. The fraction of sp³-hybridized carbons (Fsp3) is 0.452. The number of hydrogen-bond acceptors (Lipinski definition) is 3. The summed E-state index contributed by atoms with van der Waals surface area (Å²) in [6, 6.07) is 12.3. The molecule has 1 heterocycles. The van der Waals surface area contributed by atoms with Gasteiger partial charge in [0.2, 0.25) is 5.91 Å². The van der Waals surface area contributed by atoms with E-state index in [4.69, 9.17) is 0 Å². The summed E-state index contributed by atoms with van der Waals surface area (Å²) in [6.45, 7) is 0. The van der Waals surface area contributed by atoms with Crippen LogP contribution in [0, 0.1) is 5.82 Å². The Hall–Kier alpha value is -3.69. The maximum absolute atomic E-state index is 13.9. The van der Waals surface area contributed by atoms with Crippen LogP contribution in [0.4, 0.5) is 17.6 Å². The van der Waals surface area contributed by atoms with Crippen molar-refractivity contribution in [1.29, 1.82) is 0 Å². The summed E-state index contributed by atoms with van der Waals surface area (Å²) < 4.78 is 56.6. The summed E-state index contributed by atoms with van der Waals surface area (Å²) in [5.74, 6) is -1.07. The molecule has 0 bridgehead atoms. The average Bonchev–Trinajstić information content (AvgIpc) is 3.60. The van der Waals surface area contributed by atoms with Crippen molar-refractivity contribution >= 4 is 11.8 Å². The third kappa shape index (κ3) is 7.15. The summed E-state index contributed by atoms with van der Waals surface area (Å²) in [6.07, 6.45) is 2.75. The van der Waals surface area contributed by atoms with Crippen molar-refractivity contribution in [2.45, 2.75) is 88.5 Å². The number of alkyl halides is 3. The lowest BCUT2D eigenvalue weighted by Crippen LogP contribution is -2.44. The van der Waals surface area contributed by atoms with Crippen LogP contribution in [-0.2, 0) is 17.4 Å². The largest absolute Gasteiger partial charge is 0.417 e. The number of aromatic nitrogens is 2. The predicted molar refractivity (Wildman–Crippen MR) is 147 cm³/mol. The molecule has 2 fully saturated rings. The Labute approximate surface area is 236 Å². The number of halogens is 4. The third-order valence-corrected chi connectivity index (χ3v) is 8.08. The molecule has 2 saturated carbocycles. The van der Waals surface area contributed by atoms with E-state index < -0.39 is 23.7 Å². The molecule has 0 unspecified atom stereocenters. The molecule has 2 N–H and O–H groups in total. The maximum Gasteiger partial charge on any atom is 0.417 e. The van der Waals surface area contributed by atoms with Crippen LogP contribution in [0.3, 0.4) is 0 Å². The van der Waals surface area contributed by atoms with Gasteiger partial charge in [-0.3, -0.25) is 14.3 Å². The van der Waals surface area contributed by atoms with Gasteiger partial charge in [-0.25, -0.2) is 4.39 Å². The van der Waals surface area contributed by atoms with Crippen molar-refractivity contribution in [1.82, 2.24) is 20.4 Å². The number of carbonyl (C=O) groups excluding carboxylic acids is 2.